The van der Waals surface area contributed by atoms with Crippen LogP contribution in [0, 0.1) is 17.8 Å². The molecule has 1 aliphatic rings. The molecule has 0 amide bonds. The second-order valence-corrected chi connectivity index (χ2v) is 3.98. The van der Waals surface area contributed by atoms with Gasteiger partial charge in [0.1, 0.15) is 0 Å². The van der Waals surface area contributed by atoms with E-state index in [1.165, 1.54) is 18.5 Å². The Kier molecular flexibility index (Phi) is 2.45. The summed E-state index contributed by atoms with van der Waals surface area (Å²) < 4.78 is 0. The molecule has 1 fully saturated rings. The van der Waals surface area contributed by atoms with Crippen LogP contribution in [-0.2, 0) is 0 Å². The summed E-state index contributed by atoms with van der Waals surface area (Å²) in [5.74, 6) is 7.15. The fraction of sp³-hybridized carbons (Fsp3) is 0.385. The van der Waals surface area contributed by atoms with Gasteiger partial charge in [0.05, 0.1) is 0 Å². The van der Waals surface area contributed by atoms with Crippen molar-refractivity contribution in [2.45, 2.75) is 12.8 Å². The zero-order valence-corrected chi connectivity index (χ0v) is 8.75. The summed E-state index contributed by atoms with van der Waals surface area (Å²) >= 11 is 0. The van der Waals surface area contributed by atoms with Crippen LogP contribution in [0.15, 0.2) is 24.3 Å². The molecule has 0 N–H and O–H groups in total. The second kappa shape index (κ2) is 3.75. The monoisotopic (exact) mass is 185 g/mol. The minimum absolute atomic E-state index is 0.684. The van der Waals surface area contributed by atoms with Gasteiger partial charge in [-0.25, -0.2) is 0 Å². The second-order valence-electron chi connectivity index (χ2n) is 3.98. The lowest BCUT2D eigenvalue weighted by atomic mass is 10.2. The molecule has 1 saturated carbocycles. The van der Waals surface area contributed by atoms with Crippen molar-refractivity contribution < 1.29 is 0 Å². The molecule has 0 aliphatic heterocycles. The zero-order valence-electron chi connectivity index (χ0n) is 8.75. The van der Waals surface area contributed by atoms with Crippen molar-refractivity contribution in [3.8, 4) is 11.8 Å². The first-order valence-corrected chi connectivity index (χ1v) is 5.04. The summed E-state index contributed by atoms with van der Waals surface area (Å²) in [5.41, 5.74) is 2.35. The first kappa shape index (κ1) is 9.15. The molecule has 1 aromatic rings. The highest BCUT2D eigenvalue weighted by Gasteiger charge is 2.17. The third-order valence-electron chi connectivity index (χ3n) is 2.38. The lowest BCUT2D eigenvalue weighted by Crippen LogP contribution is -2.07. The molecular formula is C13H15N. The standard InChI is InChI=1S/C13H15N/c1-14(2)13-9-7-12(8-10-13)6-5-11-3-4-11/h7-11H,3-4H2,1-2H3. The third kappa shape index (κ3) is 2.29. The van der Waals surface area contributed by atoms with Crippen molar-refractivity contribution >= 4 is 5.69 Å². The van der Waals surface area contributed by atoms with Gasteiger partial charge in [0.15, 0.2) is 0 Å². The average Bonchev–Trinajstić information content (AvgIpc) is 2.99. The van der Waals surface area contributed by atoms with Crippen LogP contribution >= 0.6 is 0 Å². The fourth-order valence-corrected chi connectivity index (χ4v) is 1.26. The molecule has 0 unspecified atom stereocenters. The quantitative estimate of drug-likeness (QED) is 0.608. The SMILES string of the molecule is CN(C)c1ccc(C#CC2CC2)cc1. The minimum atomic E-state index is 0.684. The topological polar surface area (TPSA) is 3.24 Å². The number of hydrogen-bond donors (Lipinski definition) is 0. The summed E-state index contributed by atoms with van der Waals surface area (Å²) in [5, 5.41) is 0. The Labute approximate surface area is 85.7 Å². The Hall–Kier alpha value is -1.42. The molecule has 1 aromatic carbocycles. The molecule has 0 heterocycles. The smallest absolute Gasteiger partial charge is 0.0361 e. The van der Waals surface area contributed by atoms with Crippen LogP contribution in [0.25, 0.3) is 0 Å². The minimum Gasteiger partial charge on any atom is -0.378 e. The van der Waals surface area contributed by atoms with Gasteiger partial charge in [-0.05, 0) is 37.1 Å². The van der Waals surface area contributed by atoms with E-state index in [4.69, 9.17) is 0 Å². The van der Waals surface area contributed by atoms with Gasteiger partial charge in [0.2, 0.25) is 0 Å². The van der Waals surface area contributed by atoms with E-state index in [1.807, 2.05) is 14.1 Å². The Morgan fingerprint density at radius 1 is 1.14 bits per heavy atom. The summed E-state index contributed by atoms with van der Waals surface area (Å²) in [6, 6.07) is 8.39. The molecule has 1 aliphatic carbocycles. The van der Waals surface area contributed by atoms with Crippen LogP contribution in [0.4, 0.5) is 5.69 Å². The van der Waals surface area contributed by atoms with Crippen molar-refractivity contribution in [2.75, 3.05) is 19.0 Å². The van der Waals surface area contributed by atoms with Gasteiger partial charge in [0, 0.05) is 31.3 Å². The Balaban J connectivity index is 2.10. The van der Waals surface area contributed by atoms with Gasteiger partial charge in [-0.1, -0.05) is 11.8 Å². The zero-order chi connectivity index (χ0) is 9.97. The van der Waals surface area contributed by atoms with Crippen LogP contribution in [-0.4, -0.2) is 14.1 Å². The van der Waals surface area contributed by atoms with E-state index in [0.29, 0.717) is 5.92 Å². The fourth-order valence-electron chi connectivity index (χ4n) is 1.26. The van der Waals surface area contributed by atoms with E-state index in [1.54, 1.807) is 0 Å². The predicted octanol–water partition coefficient (Wildman–Crippen LogP) is 2.51. The first-order valence-electron chi connectivity index (χ1n) is 5.04. The summed E-state index contributed by atoms with van der Waals surface area (Å²) in [6.45, 7) is 0. The highest BCUT2D eigenvalue weighted by molar-refractivity contribution is 5.49. The van der Waals surface area contributed by atoms with E-state index >= 15 is 0 Å². The summed E-state index contributed by atoms with van der Waals surface area (Å²) in [4.78, 5) is 2.10. The van der Waals surface area contributed by atoms with Gasteiger partial charge in [-0.2, -0.15) is 0 Å². The number of anilines is 1. The van der Waals surface area contributed by atoms with E-state index in [0.717, 1.165) is 5.56 Å². The molecule has 0 saturated heterocycles. The van der Waals surface area contributed by atoms with Gasteiger partial charge < -0.3 is 4.90 Å². The molecule has 0 atom stereocenters. The molecule has 14 heavy (non-hydrogen) atoms. The Morgan fingerprint density at radius 3 is 2.29 bits per heavy atom. The van der Waals surface area contributed by atoms with Gasteiger partial charge in [-0.3, -0.25) is 0 Å². The molecule has 1 nitrogen and oxygen atoms in total. The summed E-state index contributed by atoms with van der Waals surface area (Å²) in [7, 11) is 4.09. The van der Waals surface area contributed by atoms with Crippen LogP contribution in [0.5, 0.6) is 0 Å². The molecule has 0 aromatic heterocycles. The molecule has 1 heteroatoms. The molecule has 0 radical (unpaired) electrons. The predicted molar refractivity (Wildman–Crippen MR) is 60.4 cm³/mol. The van der Waals surface area contributed by atoms with Gasteiger partial charge in [0.25, 0.3) is 0 Å². The van der Waals surface area contributed by atoms with E-state index < -0.39 is 0 Å². The van der Waals surface area contributed by atoms with Crippen molar-refractivity contribution in [1.29, 1.82) is 0 Å². The number of hydrogen-bond acceptors (Lipinski definition) is 1. The highest BCUT2D eigenvalue weighted by Crippen LogP contribution is 2.27. The molecule has 0 bridgehead atoms. The number of rotatable bonds is 1. The molecule has 0 spiro atoms. The maximum absolute atomic E-state index is 3.26. The number of benzene rings is 1. The molecular weight excluding hydrogens is 170 g/mol. The lowest BCUT2D eigenvalue weighted by molar-refractivity contribution is 1.13. The molecule has 72 valence electrons. The summed E-state index contributed by atoms with van der Waals surface area (Å²) in [6.07, 6.45) is 2.59. The van der Waals surface area contributed by atoms with Crippen LogP contribution < -0.4 is 4.90 Å². The maximum Gasteiger partial charge on any atom is 0.0361 e. The Bertz CT molecular complexity index is 360. The van der Waals surface area contributed by atoms with E-state index in [2.05, 4.69) is 41.0 Å². The third-order valence-corrected chi connectivity index (χ3v) is 2.38. The van der Waals surface area contributed by atoms with Crippen LogP contribution in [0.1, 0.15) is 18.4 Å². The Morgan fingerprint density at radius 2 is 1.79 bits per heavy atom. The van der Waals surface area contributed by atoms with Gasteiger partial charge in [-0.15, -0.1) is 0 Å². The van der Waals surface area contributed by atoms with Crippen LogP contribution in [0.3, 0.4) is 0 Å². The van der Waals surface area contributed by atoms with Crippen molar-refractivity contribution in [1.82, 2.24) is 0 Å². The normalized spacial score (nSPS) is 14.4. The van der Waals surface area contributed by atoms with Gasteiger partial charge >= 0.3 is 0 Å². The molecule has 2 rings (SSSR count). The lowest BCUT2D eigenvalue weighted by Gasteiger charge is -2.11. The van der Waals surface area contributed by atoms with Crippen molar-refractivity contribution in [3.05, 3.63) is 29.8 Å². The van der Waals surface area contributed by atoms with E-state index in [9.17, 15) is 0 Å². The number of nitrogens with zero attached hydrogens (tertiary/aromatic N) is 1. The average molecular weight is 185 g/mol. The van der Waals surface area contributed by atoms with Crippen molar-refractivity contribution in [3.63, 3.8) is 0 Å². The first-order chi connectivity index (χ1) is 6.75. The largest absolute Gasteiger partial charge is 0.378 e. The highest BCUT2D eigenvalue weighted by atomic mass is 15.1. The maximum atomic E-state index is 3.26. The van der Waals surface area contributed by atoms with Crippen molar-refractivity contribution in [2.24, 2.45) is 5.92 Å². The van der Waals surface area contributed by atoms with Crippen LogP contribution in [0.2, 0.25) is 0 Å². The van der Waals surface area contributed by atoms with E-state index in [-0.39, 0.29) is 0 Å².